The predicted molar refractivity (Wildman–Crippen MR) is 102 cm³/mol. The molecular weight excluding hydrogens is 384 g/mol. The molecule has 1 aromatic carbocycles. The molecule has 1 atom stereocenters. The molecule has 10 heteroatoms. The summed E-state index contributed by atoms with van der Waals surface area (Å²) in [4.78, 5) is 27.5. The van der Waals surface area contributed by atoms with Crippen LogP contribution >= 0.6 is 0 Å². The van der Waals surface area contributed by atoms with Crippen LogP contribution in [-0.4, -0.2) is 80.8 Å². The van der Waals surface area contributed by atoms with Gasteiger partial charge in [-0.3, -0.25) is 4.79 Å². The molecule has 1 aromatic rings. The monoisotopic (exact) mass is 410 g/mol. The number of benzene rings is 1. The lowest BCUT2D eigenvalue weighted by atomic mass is 9.96. The maximum atomic E-state index is 12.8. The van der Waals surface area contributed by atoms with Crippen LogP contribution in [0, 0.1) is 5.92 Å². The number of sulfonamides is 1. The van der Waals surface area contributed by atoms with E-state index in [1.165, 1.54) is 28.4 Å². The third-order valence-corrected chi connectivity index (χ3v) is 7.24. The summed E-state index contributed by atoms with van der Waals surface area (Å²) in [7, 11) is -2.09. The first-order chi connectivity index (χ1) is 13.3. The number of carbonyl (C=O) groups excluding carboxylic acids is 2. The molecule has 0 aromatic heterocycles. The maximum Gasteiger partial charge on any atom is 0.314 e. The highest BCUT2D eigenvalue weighted by molar-refractivity contribution is 7.89. The van der Waals surface area contributed by atoms with Crippen LogP contribution < -0.4 is 10.5 Å². The number of hydrogen-bond donors (Lipinski definition) is 1. The van der Waals surface area contributed by atoms with Crippen LogP contribution in [0.15, 0.2) is 29.2 Å². The van der Waals surface area contributed by atoms with Crippen LogP contribution in [0.3, 0.4) is 0 Å². The Kier molecular flexibility index (Phi) is 6.09. The van der Waals surface area contributed by atoms with Crippen molar-refractivity contribution in [1.29, 1.82) is 0 Å². The van der Waals surface area contributed by atoms with Crippen LogP contribution in [0.25, 0.3) is 0 Å². The topological polar surface area (TPSA) is 113 Å². The van der Waals surface area contributed by atoms with E-state index in [-0.39, 0.29) is 29.8 Å². The molecule has 0 bridgehead atoms. The number of carbonyl (C=O) groups is 2. The number of primary amides is 1. The lowest BCUT2D eigenvalue weighted by Crippen LogP contribution is -2.54. The van der Waals surface area contributed by atoms with E-state index in [1.54, 1.807) is 17.0 Å². The van der Waals surface area contributed by atoms with Gasteiger partial charge in [0.15, 0.2) is 0 Å². The van der Waals surface area contributed by atoms with Crippen molar-refractivity contribution in [2.45, 2.75) is 17.7 Å². The first kappa shape index (κ1) is 20.4. The molecule has 0 spiro atoms. The Balaban J connectivity index is 1.60. The van der Waals surface area contributed by atoms with Gasteiger partial charge in [-0.05, 0) is 37.1 Å². The molecule has 0 radical (unpaired) electrons. The van der Waals surface area contributed by atoms with E-state index in [2.05, 4.69) is 0 Å². The molecule has 9 nitrogen and oxygen atoms in total. The second-order valence-corrected chi connectivity index (χ2v) is 8.97. The molecule has 2 fully saturated rings. The van der Waals surface area contributed by atoms with Gasteiger partial charge < -0.3 is 20.3 Å². The number of methoxy groups -OCH3 is 1. The maximum absolute atomic E-state index is 12.8. The van der Waals surface area contributed by atoms with Crippen LogP contribution in [0.5, 0.6) is 5.75 Å². The Morgan fingerprint density at radius 2 is 1.68 bits per heavy atom. The average molecular weight is 410 g/mol. The molecule has 3 amide bonds. The Morgan fingerprint density at radius 1 is 1.04 bits per heavy atom. The van der Waals surface area contributed by atoms with Crippen molar-refractivity contribution < 1.29 is 22.7 Å². The number of nitrogens with zero attached hydrogens (tertiary/aromatic N) is 3. The summed E-state index contributed by atoms with van der Waals surface area (Å²) in [6.07, 6.45) is 1.46. The largest absolute Gasteiger partial charge is 0.497 e. The number of ether oxygens (including phenoxy) is 1. The van der Waals surface area contributed by atoms with E-state index >= 15 is 0 Å². The van der Waals surface area contributed by atoms with Crippen molar-refractivity contribution >= 4 is 22.0 Å². The fraction of sp³-hybridized carbons (Fsp3) is 0.556. The SMILES string of the molecule is COc1ccc(S(=O)(=O)N2CCN(C(=O)C3CCCN(C(N)=O)C3)CC2)cc1. The Hall–Kier alpha value is -2.33. The Labute approximate surface area is 165 Å². The van der Waals surface area contributed by atoms with Gasteiger partial charge in [-0.2, -0.15) is 4.31 Å². The standard InChI is InChI=1S/C18H26N4O5S/c1-27-15-4-6-16(7-5-15)28(25,26)22-11-9-20(10-12-22)17(23)14-3-2-8-21(13-14)18(19)24/h4-7,14H,2-3,8-13H2,1H3,(H2,19,24). The molecule has 1 unspecified atom stereocenters. The number of rotatable bonds is 4. The summed E-state index contributed by atoms with van der Waals surface area (Å²) >= 11 is 0. The minimum Gasteiger partial charge on any atom is -0.497 e. The zero-order valence-corrected chi connectivity index (χ0v) is 16.7. The van der Waals surface area contributed by atoms with Gasteiger partial charge in [-0.25, -0.2) is 13.2 Å². The van der Waals surface area contributed by atoms with E-state index in [9.17, 15) is 18.0 Å². The van der Waals surface area contributed by atoms with Crippen molar-refractivity contribution in [2.24, 2.45) is 11.7 Å². The van der Waals surface area contributed by atoms with Crippen molar-refractivity contribution in [3.8, 4) is 5.75 Å². The van der Waals surface area contributed by atoms with E-state index in [4.69, 9.17) is 10.5 Å². The number of piperazine rings is 1. The molecule has 2 aliphatic rings. The van der Waals surface area contributed by atoms with Gasteiger partial charge >= 0.3 is 6.03 Å². The molecule has 2 heterocycles. The molecule has 0 saturated carbocycles. The Morgan fingerprint density at radius 3 is 2.25 bits per heavy atom. The van der Waals surface area contributed by atoms with E-state index in [1.807, 2.05) is 0 Å². The van der Waals surface area contributed by atoms with E-state index < -0.39 is 16.1 Å². The molecule has 0 aliphatic carbocycles. The zero-order chi connectivity index (χ0) is 20.3. The van der Waals surface area contributed by atoms with Gasteiger partial charge in [-0.15, -0.1) is 0 Å². The lowest BCUT2D eigenvalue weighted by molar-refractivity contribution is -0.138. The molecule has 154 valence electrons. The fourth-order valence-electron chi connectivity index (χ4n) is 3.68. The second kappa shape index (κ2) is 8.36. The normalized spacial score (nSPS) is 21.4. The van der Waals surface area contributed by atoms with Gasteiger partial charge in [0.1, 0.15) is 5.75 Å². The summed E-state index contributed by atoms with van der Waals surface area (Å²) < 4.78 is 32.1. The van der Waals surface area contributed by atoms with Crippen molar-refractivity contribution in [2.75, 3.05) is 46.4 Å². The van der Waals surface area contributed by atoms with Crippen LogP contribution in [-0.2, 0) is 14.8 Å². The van der Waals surface area contributed by atoms with Crippen LogP contribution in [0.1, 0.15) is 12.8 Å². The average Bonchev–Trinajstić information content (AvgIpc) is 2.73. The summed E-state index contributed by atoms with van der Waals surface area (Å²) in [6.45, 7) is 2.06. The van der Waals surface area contributed by atoms with Gasteiger partial charge in [0.25, 0.3) is 0 Å². The molecule has 3 rings (SSSR count). The number of hydrogen-bond acceptors (Lipinski definition) is 5. The van der Waals surface area contributed by atoms with Crippen molar-refractivity contribution in [3.05, 3.63) is 24.3 Å². The van der Waals surface area contributed by atoms with Gasteiger partial charge in [0.05, 0.1) is 17.9 Å². The minimum absolute atomic E-state index is 0.0348. The van der Waals surface area contributed by atoms with Crippen molar-refractivity contribution in [3.63, 3.8) is 0 Å². The first-order valence-electron chi connectivity index (χ1n) is 9.30. The van der Waals surface area contributed by atoms with Gasteiger partial charge in [0.2, 0.25) is 15.9 Å². The number of nitrogens with two attached hydrogens (primary N) is 1. The van der Waals surface area contributed by atoms with Crippen LogP contribution in [0.2, 0.25) is 0 Å². The number of piperidine rings is 1. The summed E-state index contributed by atoms with van der Waals surface area (Å²) in [5.41, 5.74) is 5.33. The molecule has 2 aliphatic heterocycles. The summed E-state index contributed by atoms with van der Waals surface area (Å²) in [5.74, 6) is 0.283. The van der Waals surface area contributed by atoms with Crippen LogP contribution in [0.4, 0.5) is 4.79 Å². The fourth-order valence-corrected chi connectivity index (χ4v) is 5.10. The minimum atomic E-state index is -3.61. The highest BCUT2D eigenvalue weighted by atomic mass is 32.2. The molecular formula is C18H26N4O5S. The number of urea groups is 1. The van der Waals surface area contributed by atoms with Gasteiger partial charge in [-0.1, -0.05) is 0 Å². The number of amides is 3. The predicted octanol–water partition coefficient (Wildman–Crippen LogP) is 0.319. The third kappa shape index (κ3) is 4.22. The highest BCUT2D eigenvalue weighted by Gasteiger charge is 2.34. The quantitative estimate of drug-likeness (QED) is 0.768. The molecule has 2 N–H and O–H groups in total. The van der Waals surface area contributed by atoms with E-state index in [0.717, 1.165) is 6.42 Å². The second-order valence-electron chi connectivity index (χ2n) is 7.03. The lowest BCUT2D eigenvalue weighted by Gasteiger charge is -2.38. The summed E-state index contributed by atoms with van der Waals surface area (Å²) in [5, 5.41) is 0. The highest BCUT2D eigenvalue weighted by Crippen LogP contribution is 2.23. The molecule has 2 saturated heterocycles. The summed E-state index contributed by atoms with van der Waals surface area (Å²) in [6, 6.07) is 5.76. The first-order valence-corrected chi connectivity index (χ1v) is 10.7. The zero-order valence-electron chi connectivity index (χ0n) is 15.9. The number of likely N-dealkylation sites (tertiary alicyclic amines) is 1. The molecule has 28 heavy (non-hydrogen) atoms. The third-order valence-electron chi connectivity index (χ3n) is 5.33. The Bertz CT molecular complexity index is 819. The smallest absolute Gasteiger partial charge is 0.314 e. The van der Waals surface area contributed by atoms with Gasteiger partial charge in [0, 0.05) is 39.3 Å². The van der Waals surface area contributed by atoms with Crippen molar-refractivity contribution in [1.82, 2.24) is 14.1 Å². The van der Waals surface area contributed by atoms with E-state index in [0.29, 0.717) is 38.3 Å².